The number of benzene rings is 2. The Morgan fingerprint density at radius 3 is 2.21 bits per heavy atom. The molecule has 156 valence electrons. The smallest absolute Gasteiger partial charge is 0.414 e. The standard InChI is InChI=1S/C20H26N2O.C2H2O4/c1-23-19-10-8-17(9-11-19)12-13-21-16-18-6-2-3-7-20(18)22-14-4-5-15-22;3-1(4)2(5)6/h2-3,6-11,21H,4-5,12-16H2,1H3;(H,3,4)(H,5,6). The minimum absolute atomic E-state index is 0.918. The van der Waals surface area contributed by atoms with E-state index in [1.54, 1.807) is 7.11 Å². The summed E-state index contributed by atoms with van der Waals surface area (Å²) in [4.78, 5) is 20.7. The average molecular weight is 400 g/mol. The third-order valence-electron chi connectivity index (χ3n) is 4.69. The molecule has 7 heteroatoms. The lowest BCUT2D eigenvalue weighted by Gasteiger charge is -2.21. The number of carboxylic acid groups (broad SMARTS) is 2. The molecule has 0 bridgehead atoms. The van der Waals surface area contributed by atoms with E-state index in [9.17, 15) is 0 Å². The molecular weight excluding hydrogens is 372 g/mol. The van der Waals surface area contributed by atoms with Crippen molar-refractivity contribution in [2.45, 2.75) is 25.8 Å². The van der Waals surface area contributed by atoms with Crippen LogP contribution in [0.4, 0.5) is 5.69 Å². The molecule has 0 aliphatic carbocycles. The van der Waals surface area contributed by atoms with E-state index < -0.39 is 11.9 Å². The molecule has 0 spiro atoms. The van der Waals surface area contributed by atoms with Gasteiger partial charge in [-0.3, -0.25) is 0 Å². The molecule has 0 atom stereocenters. The van der Waals surface area contributed by atoms with Crippen molar-refractivity contribution in [2.75, 3.05) is 31.6 Å². The van der Waals surface area contributed by atoms with E-state index in [4.69, 9.17) is 24.5 Å². The monoisotopic (exact) mass is 400 g/mol. The van der Waals surface area contributed by atoms with Gasteiger partial charge in [0.1, 0.15) is 5.75 Å². The van der Waals surface area contributed by atoms with Crippen molar-refractivity contribution >= 4 is 17.6 Å². The highest BCUT2D eigenvalue weighted by Crippen LogP contribution is 2.24. The summed E-state index contributed by atoms with van der Waals surface area (Å²) in [5.41, 5.74) is 4.15. The number of carbonyl (C=O) groups is 2. The Hall–Kier alpha value is -3.06. The molecule has 7 nitrogen and oxygen atoms in total. The molecular formula is C22H28N2O5. The largest absolute Gasteiger partial charge is 0.497 e. The summed E-state index contributed by atoms with van der Waals surface area (Å²) < 4.78 is 5.19. The lowest BCUT2D eigenvalue weighted by molar-refractivity contribution is -0.159. The second-order valence-corrected chi connectivity index (χ2v) is 6.71. The fraction of sp³-hybridized carbons (Fsp3) is 0.364. The van der Waals surface area contributed by atoms with Crippen molar-refractivity contribution in [3.63, 3.8) is 0 Å². The molecule has 1 aliphatic rings. The first-order valence-corrected chi connectivity index (χ1v) is 9.64. The topological polar surface area (TPSA) is 99.1 Å². The Balaban J connectivity index is 0.000000438. The van der Waals surface area contributed by atoms with Crippen molar-refractivity contribution in [2.24, 2.45) is 0 Å². The number of ether oxygens (including phenoxy) is 1. The van der Waals surface area contributed by atoms with Gasteiger partial charge in [-0.2, -0.15) is 0 Å². The Morgan fingerprint density at radius 2 is 1.62 bits per heavy atom. The third kappa shape index (κ3) is 7.46. The van der Waals surface area contributed by atoms with Gasteiger partial charge in [0.25, 0.3) is 0 Å². The summed E-state index contributed by atoms with van der Waals surface area (Å²) in [7, 11) is 1.70. The Bertz CT molecular complexity index is 774. The predicted octanol–water partition coefficient (Wildman–Crippen LogP) is 2.78. The third-order valence-corrected chi connectivity index (χ3v) is 4.69. The van der Waals surface area contributed by atoms with Gasteiger partial charge in [0, 0.05) is 25.3 Å². The molecule has 0 unspecified atom stereocenters. The number of carboxylic acids is 2. The van der Waals surface area contributed by atoms with Gasteiger partial charge in [0.05, 0.1) is 7.11 Å². The zero-order valence-electron chi connectivity index (χ0n) is 16.6. The van der Waals surface area contributed by atoms with Crippen LogP contribution in [0, 0.1) is 0 Å². The number of nitrogens with zero attached hydrogens (tertiary/aromatic N) is 1. The van der Waals surface area contributed by atoms with E-state index in [-0.39, 0.29) is 0 Å². The lowest BCUT2D eigenvalue weighted by Crippen LogP contribution is -2.22. The predicted molar refractivity (Wildman–Crippen MR) is 112 cm³/mol. The molecule has 0 aromatic heterocycles. The lowest BCUT2D eigenvalue weighted by atomic mass is 10.1. The fourth-order valence-corrected chi connectivity index (χ4v) is 3.17. The molecule has 2 aromatic rings. The van der Waals surface area contributed by atoms with Gasteiger partial charge >= 0.3 is 11.9 Å². The summed E-state index contributed by atoms with van der Waals surface area (Å²) in [5.74, 6) is -2.73. The highest BCUT2D eigenvalue weighted by atomic mass is 16.5. The molecule has 29 heavy (non-hydrogen) atoms. The maximum atomic E-state index is 9.10. The van der Waals surface area contributed by atoms with E-state index in [0.29, 0.717) is 0 Å². The number of nitrogens with one attached hydrogen (secondary N) is 1. The molecule has 1 aliphatic heterocycles. The van der Waals surface area contributed by atoms with Crippen LogP contribution in [0.5, 0.6) is 5.75 Å². The fourth-order valence-electron chi connectivity index (χ4n) is 3.17. The van der Waals surface area contributed by atoms with Gasteiger partial charge in [-0.15, -0.1) is 0 Å². The second-order valence-electron chi connectivity index (χ2n) is 6.71. The number of para-hydroxylation sites is 1. The van der Waals surface area contributed by atoms with Gasteiger partial charge in [-0.25, -0.2) is 9.59 Å². The van der Waals surface area contributed by atoms with Crippen LogP contribution in [0.25, 0.3) is 0 Å². The van der Waals surface area contributed by atoms with Crippen molar-refractivity contribution in [1.29, 1.82) is 0 Å². The summed E-state index contributed by atoms with van der Waals surface area (Å²) >= 11 is 0. The van der Waals surface area contributed by atoms with Gasteiger partial charge < -0.3 is 25.2 Å². The maximum absolute atomic E-state index is 9.10. The first-order chi connectivity index (χ1) is 14.0. The van der Waals surface area contributed by atoms with E-state index in [1.165, 1.54) is 42.7 Å². The van der Waals surface area contributed by atoms with Crippen molar-refractivity contribution in [3.05, 3.63) is 59.7 Å². The average Bonchev–Trinajstić information content (AvgIpc) is 3.27. The van der Waals surface area contributed by atoms with Gasteiger partial charge in [0.2, 0.25) is 0 Å². The molecule has 2 aromatic carbocycles. The van der Waals surface area contributed by atoms with E-state index in [1.807, 2.05) is 12.1 Å². The number of anilines is 1. The van der Waals surface area contributed by atoms with Crippen molar-refractivity contribution in [1.82, 2.24) is 5.32 Å². The molecule has 3 rings (SSSR count). The highest BCUT2D eigenvalue weighted by Gasteiger charge is 2.14. The molecule has 3 N–H and O–H groups in total. The number of hydrogen-bond acceptors (Lipinski definition) is 5. The summed E-state index contributed by atoms with van der Waals surface area (Å²) in [6, 6.07) is 17.1. The first-order valence-electron chi connectivity index (χ1n) is 9.64. The SMILES string of the molecule is COc1ccc(CCNCc2ccccc2N2CCCC2)cc1.O=C(O)C(=O)O. The van der Waals surface area contributed by atoms with Crippen molar-refractivity contribution in [3.8, 4) is 5.75 Å². The van der Waals surface area contributed by atoms with Crippen LogP contribution in [-0.4, -0.2) is 48.9 Å². The Labute approximate surface area is 170 Å². The van der Waals surface area contributed by atoms with Crippen LogP contribution in [0.1, 0.15) is 24.0 Å². The van der Waals surface area contributed by atoms with Crippen LogP contribution >= 0.6 is 0 Å². The van der Waals surface area contributed by atoms with E-state index >= 15 is 0 Å². The molecule has 1 saturated heterocycles. The van der Waals surface area contributed by atoms with Crippen molar-refractivity contribution < 1.29 is 24.5 Å². The Morgan fingerprint density at radius 1 is 1.00 bits per heavy atom. The van der Waals surface area contributed by atoms with Gasteiger partial charge in [0.15, 0.2) is 0 Å². The molecule has 1 fully saturated rings. The zero-order valence-corrected chi connectivity index (χ0v) is 16.6. The molecule has 0 saturated carbocycles. The molecule has 0 radical (unpaired) electrons. The Kier molecular flexibility index (Phi) is 8.98. The zero-order chi connectivity index (χ0) is 21.1. The summed E-state index contributed by atoms with van der Waals surface area (Å²) in [5, 5.41) is 18.4. The molecule has 1 heterocycles. The van der Waals surface area contributed by atoms with E-state index in [0.717, 1.165) is 25.3 Å². The van der Waals surface area contributed by atoms with Crippen LogP contribution in [0.2, 0.25) is 0 Å². The summed E-state index contributed by atoms with van der Waals surface area (Å²) in [6.07, 6.45) is 3.67. The van der Waals surface area contributed by atoms with Gasteiger partial charge in [-0.05, 0) is 55.1 Å². The number of hydrogen-bond donors (Lipinski definition) is 3. The number of rotatable bonds is 7. The minimum Gasteiger partial charge on any atom is -0.497 e. The minimum atomic E-state index is -1.82. The normalized spacial score (nSPS) is 12.8. The second kappa shape index (κ2) is 11.7. The van der Waals surface area contributed by atoms with Gasteiger partial charge in [-0.1, -0.05) is 30.3 Å². The van der Waals surface area contributed by atoms with Crippen LogP contribution < -0.4 is 15.0 Å². The van der Waals surface area contributed by atoms with Crippen LogP contribution in [0.15, 0.2) is 48.5 Å². The molecule has 0 amide bonds. The number of aliphatic carboxylic acids is 2. The number of methoxy groups -OCH3 is 1. The quantitative estimate of drug-likeness (QED) is 0.485. The summed E-state index contributed by atoms with van der Waals surface area (Å²) in [6.45, 7) is 4.31. The maximum Gasteiger partial charge on any atom is 0.414 e. The first kappa shape index (κ1) is 22.2. The highest BCUT2D eigenvalue weighted by molar-refractivity contribution is 6.27. The van der Waals surface area contributed by atoms with Crippen LogP contribution in [0.3, 0.4) is 0 Å². The van der Waals surface area contributed by atoms with Crippen LogP contribution in [-0.2, 0) is 22.6 Å². The van der Waals surface area contributed by atoms with E-state index in [2.05, 4.69) is 46.6 Å².